The molecule has 182 valence electrons. The Morgan fingerprint density at radius 2 is 1.94 bits per heavy atom. The predicted molar refractivity (Wildman–Crippen MR) is 138 cm³/mol. The first-order valence-electron chi connectivity index (χ1n) is 13.4. The summed E-state index contributed by atoms with van der Waals surface area (Å²) >= 11 is 0. The predicted octanol–water partition coefficient (Wildman–Crippen LogP) is 6.64. The van der Waals surface area contributed by atoms with E-state index in [1.165, 1.54) is 11.1 Å². The highest BCUT2D eigenvalue weighted by Gasteiger charge is 2.43. The van der Waals surface area contributed by atoms with Crippen molar-refractivity contribution in [2.24, 2.45) is 17.8 Å². The minimum atomic E-state index is -0.200. The zero-order valence-electron chi connectivity index (χ0n) is 21.1. The smallest absolute Gasteiger partial charge is 0.222 e. The Morgan fingerprint density at radius 3 is 2.67 bits per heavy atom. The molecule has 1 aromatic carbocycles. The molecule has 0 bridgehead atoms. The minimum Gasteiger partial charge on any atom is -0.392 e. The van der Waals surface area contributed by atoms with Crippen LogP contribution in [0.15, 0.2) is 48.1 Å². The lowest BCUT2D eigenvalue weighted by atomic mass is 9.88. The zero-order chi connectivity index (χ0) is 23.6. The number of rotatable bonds is 13. The van der Waals surface area contributed by atoms with Gasteiger partial charge in [-0.2, -0.15) is 0 Å². The molecular formula is C30H45NO2. The molecule has 0 unspecified atom stereocenters. The van der Waals surface area contributed by atoms with E-state index in [0.717, 1.165) is 70.9 Å². The number of hydrogen-bond donors (Lipinski definition) is 1. The molecule has 0 radical (unpaired) electrons. The van der Waals surface area contributed by atoms with E-state index in [1.54, 1.807) is 5.57 Å². The van der Waals surface area contributed by atoms with E-state index in [9.17, 15) is 9.90 Å². The van der Waals surface area contributed by atoms with Crippen molar-refractivity contribution < 1.29 is 9.90 Å². The summed E-state index contributed by atoms with van der Waals surface area (Å²) in [5, 5.41) is 10.6. The fourth-order valence-electron chi connectivity index (χ4n) is 5.85. The topological polar surface area (TPSA) is 40.5 Å². The first kappa shape index (κ1) is 25.7. The van der Waals surface area contributed by atoms with Gasteiger partial charge in [0, 0.05) is 25.4 Å². The first-order valence-corrected chi connectivity index (χ1v) is 13.4. The highest BCUT2D eigenvalue weighted by atomic mass is 16.3. The maximum atomic E-state index is 12.5. The van der Waals surface area contributed by atoms with E-state index in [1.807, 2.05) is 4.90 Å². The molecule has 0 heterocycles. The minimum absolute atomic E-state index is 0.200. The molecule has 1 amide bonds. The number of carbonyl (C=O) groups is 1. The second-order valence-electron chi connectivity index (χ2n) is 10.3. The summed E-state index contributed by atoms with van der Waals surface area (Å²) < 4.78 is 0. The number of aliphatic hydroxyl groups is 1. The highest BCUT2D eigenvalue weighted by Crippen LogP contribution is 2.48. The molecule has 4 atom stereocenters. The molecule has 1 fully saturated rings. The average molecular weight is 452 g/mol. The van der Waals surface area contributed by atoms with Crippen LogP contribution in [-0.2, 0) is 11.2 Å². The van der Waals surface area contributed by atoms with Crippen LogP contribution in [0.4, 0.5) is 0 Å². The van der Waals surface area contributed by atoms with Gasteiger partial charge >= 0.3 is 0 Å². The van der Waals surface area contributed by atoms with E-state index in [4.69, 9.17) is 0 Å². The van der Waals surface area contributed by atoms with E-state index < -0.39 is 0 Å². The second kappa shape index (κ2) is 13.1. The van der Waals surface area contributed by atoms with E-state index in [2.05, 4.69) is 63.3 Å². The summed E-state index contributed by atoms with van der Waals surface area (Å²) in [7, 11) is 0. The lowest BCUT2D eigenvalue weighted by Crippen LogP contribution is -2.32. The monoisotopic (exact) mass is 451 g/mol. The molecule has 0 aromatic heterocycles. The molecule has 1 saturated carbocycles. The van der Waals surface area contributed by atoms with Crippen LogP contribution in [-0.4, -0.2) is 35.1 Å². The molecule has 0 saturated heterocycles. The van der Waals surface area contributed by atoms with Crippen LogP contribution in [0.25, 0.3) is 0 Å². The fourth-order valence-corrected chi connectivity index (χ4v) is 5.85. The van der Waals surface area contributed by atoms with E-state index >= 15 is 0 Å². The molecule has 2 aliphatic rings. The van der Waals surface area contributed by atoms with Crippen LogP contribution in [0.3, 0.4) is 0 Å². The molecular weight excluding hydrogens is 406 g/mol. The van der Waals surface area contributed by atoms with Crippen molar-refractivity contribution in [1.82, 2.24) is 4.90 Å². The lowest BCUT2D eigenvalue weighted by Gasteiger charge is -2.21. The number of aryl methyl sites for hydroxylation is 2. The normalized spacial score (nSPS) is 24.3. The van der Waals surface area contributed by atoms with Gasteiger partial charge in [0.15, 0.2) is 0 Å². The molecule has 2 aliphatic carbocycles. The molecule has 33 heavy (non-hydrogen) atoms. The van der Waals surface area contributed by atoms with Crippen LogP contribution in [0.2, 0.25) is 0 Å². The van der Waals surface area contributed by atoms with Gasteiger partial charge in [-0.1, -0.05) is 67.5 Å². The summed E-state index contributed by atoms with van der Waals surface area (Å²) in [6, 6.07) is 8.74. The van der Waals surface area contributed by atoms with Gasteiger partial charge in [-0.25, -0.2) is 0 Å². The summed E-state index contributed by atoms with van der Waals surface area (Å²) in [6.45, 7) is 8.21. The van der Waals surface area contributed by atoms with E-state index in [-0.39, 0.29) is 6.10 Å². The number of carbonyl (C=O) groups excluding carboxylic acids is 1. The van der Waals surface area contributed by atoms with Crippen LogP contribution in [0, 0.1) is 24.7 Å². The van der Waals surface area contributed by atoms with Gasteiger partial charge in [0.05, 0.1) is 6.10 Å². The molecule has 3 heteroatoms. The van der Waals surface area contributed by atoms with Crippen LogP contribution in [0.5, 0.6) is 0 Å². The van der Waals surface area contributed by atoms with Crippen molar-refractivity contribution in [3.05, 3.63) is 59.2 Å². The van der Waals surface area contributed by atoms with Crippen molar-refractivity contribution >= 4 is 5.91 Å². The Hall–Kier alpha value is -1.87. The van der Waals surface area contributed by atoms with Gasteiger partial charge < -0.3 is 10.0 Å². The van der Waals surface area contributed by atoms with Crippen molar-refractivity contribution in [2.75, 3.05) is 13.1 Å². The van der Waals surface area contributed by atoms with Gasteiger partial charge in [-0.3, -0.25) is 4.79 Å². The van der Waals surface area contributed by atoms with Crippen LogP contribution >= 0.6 is 0 Å². The maximum absolute atomic E-state index is 12.5. The number of benzene rings is 1. The quantitative estimate of drug-likeness (QED) is 0.270. The Bertz CT molecular complexity index is 805. The van der Waals surface area contributed by atoms with Gasteiger partial charge in [0.2, 0.25) is 5.91 Å². The van der Waals surface area contributed by atoms with Gasteiger partial charge in [-0.05, 0) is 82.1 Å². The van der Waals surface area contributed by atoms with Gasteiger partial charge in [-0.15, -0.1) is 0 Å². The third kappa shape index (κ3) is 7.57. The van der Waals surface area contributed by atoms with Crippen LogP contribution in [0.1, 0.15) is 82.8 Å². The Morgan fingerprint density at radius 1 is 1.15 bits per heavy atom. The summed E-state index contributed by atoms with van der Waals surface area (Å²) in [5.74, 6) is 1.72. The standard InChI is InChI=1S/C30H45NO2/c1-4-17-31(18-5-2)30(33)16-9-7-13-25-20-26-22-29(32)27(28(26)21-25)15-8-6-12-24-14-10-11-23(3)19-24/h8,10-11,14-15,19-20,26-29,32H,4-7,9,12-13,16-18,21-22H2,1-3H3/t26-,27+,28-,29+/m0/s1. The maximum Gasteiger partial charge on any atom is 0.222 e. The van der Waals surface area contributed by atoms with Crippen molar-refractivity contribution in [3.8, 4) is 0 Å². The third-order valence-electron chi connectivity index (χ3n) is 7.47. The molecule has 1 N–H and O–H groups in total. The van der Waals surface area contributed by atoms with Crippen molar-refractivity contribution in [1.29, 1.82) is 0 Å². The summed E-state index contributed by atoms with van der Waals surface area (Å²) in [4.78, 5) is 14.5. The number of aliphatic hydroxyl groups excluding tert-OH is 1. The highest BCUT2D eigenvalue weighted by molar-refractivity contribution is 5.76. The first-order chi connectivity index (χ1) is 16.0. The van der Waals surface area contributed by atoms with Crippen molar-refractivity contribution in [2.45, 2.75) is 91.1 Å². The van der Waals surface area contributed by atoms with Crippen molar-refractivity contribution in [3.63, 3.8) is 0 Å². The number of allylic oxidation sites excluding steroid dienone is 3. The Labute approximate surface area is 202 Å². The Kier molecular flexibility index (Phi) is 10.2. The van der Waals surface area contributed by atoms with Crippen LogP contribution < -0.4 is 0 Å². The summed E-state index contributed by atoms with van der Waals surface area (Å²) in [5.41, 5.74) is 4.26. The largest absolute Gasteiger partial charge is 0.392 e. The van der Waals surface area contributed by atoms with Gasteiger partial charge in [0.25, 0.3) is 0 Å². The van der Waals surface area contributed by atoms with E-state index in [0.29, 0.717) is 30.1 Å². The Balaban J connectivity index is 1.39. The molecule has 1 aromatic rings. The second-order valence-corrected chi connectivity index (χ2v) is 10.3. The number of hydrogen-bond acceptors (Lipinski definition) is 2. The third-order valence-corrected chi connectivity index (χ3v) is 7.47. The number of nitrogens with zero attached hydrogens (tertiary/aromatic N) is 1. The number of unbranched alkanes of at least 4 members (excludes halogenated alkanes) is 1. The lowest BCUT2D eigenvalue weighted by molar-refractivity contribution is -0.131. The zero-order valence-corrected chi connectivity index (χ0v) is 21.1. The fraction of sp³-hybridized carbons (Fsp3) is 0.633. The number of amides is 1. The molecule has 0 aliphatic heterocycles. The molecule has 0 spiro atoms. The summed E-state index contributed by atoms with van der Waals surface area (Å²) in [6.07, 6.45) is 16.9. The van der Waals surface area contributed by atoms with Gasteiger partial charge in [0.1, 0.15) is 0 Å². The molecule has 3 nitrogen and oxygen atoms in total. The average Bonchev–Trinajstić information content (AvgIpc) is 3.30. The molecule has 3 rings (SSSR count). The SMILES string of the molecule is CCCN(CCC)C(=O)CCCCC1=C[C@H]2C[C@@H](O)[C@H](C=CCCc3cccc(C)c3)[C@H]2C1. The number of fused-ring (bicyclic) bond motifs is 1.